The van der Waals surface area contributed by atoms with E-state index >= 15 is 0 Å². The van der Waals surface area contributed by atoms with E-state index in [1.807, 2.05) is 24.3 Å². The third-order valence-corrected chi connectivity index (χ3v) is 4.64. The number of carbonyl (C=O) groups excluding carboxylic acids is 2. The molecule has 0 saturated heterocycles. The van der Waals surface area contributed by atoms with E-state index in [9.17, 15) is 19.5 Å². The minimum Gasteiger partial charge on any atom is -0.481 e. The fourth-order valence-corrected chi connectivity index (χ4v) is 2.87. The van der Waals surface area contributed by atoms with Gasteiger partial charge >= 0.3 is 17.9 Å². The van der Waals surface area contributed by atoms with Crippen molar-refractivity contribution in [2.75, 3.05) is 7.11 Å². The molecule has 0 heterocycles. The van der Waals surface area contributed by atoms with Gasteiger partial charge < -0.3 is 14.6 Å². The van der Waals surface area contributed by atoms with Crippen LogP contribution in [0.1, 0.15) is 26.3 Å². The molecule has 0 aromatic heterocycles. The maximum absolute atomic E-state index is 12.4. The van der Waals surface area contributed by atoms with Crippen LogP contribution in [-0.4, -0.2) is 30.1 Å². The molecule has 2 unspecified atom stereocenters. The highest BCUT2D eigenvalue weighted by atomic mass is 127. The first-order valence-corrected chi connectivity index (χ1v) is 8.41. The van der Waals surface area contributed by atoms with Crippen LogP contribution in [0.3, 0.4) is 0 Å². The van der Waals surface area contributed by atoms with E-state index in [2.05, 4.69) is 27.3 Å². The summed E-state index contributed by atoms with van der Waals surface area (Å²) < 4.78 is 10.9. The van der Waals surface area contributed by atoms with Crippen LogP contribution >= 0.6 is 22.6 Å². The van der Waals surface area contributed by atoms with E-state index in [-0.39, 0.29) is 6.61 Å². The van der Waals surface area contributed by atoms with Gasteiger partial charge in [-0.3, -0.25) is 14.4 Å². The van der Waals surface area contributed by atoms with Gasteiger partial charge in [-0.2, -0.15) is 0 Å². The molecule has 1 rings (SSSR count). The smallest absolute Gasteiger partial charge is 0.312 e. The number of carbonyl (C=O) groups is 3. The van der Waals surface area contributed by atoms with Crippen molar-refractivity contribution in [1.29, 1.82) is 0 Å². The Labute approximate surface area is 154 Å². The maximum Gasteiger partial charge on any atom is 0.312 e. The summed E-state index contributed by atoms with van der Waals surface area (Å²) in [5, 5.41) is 9.47. The molecule has 7 heteroatoms. The molecule has 1 aromatic carbocycles. The van der Waals surface area contributed by atoms with Crippen molar-refractivity contribution in [2.24, 2.45) is 17.3 Å². The Balaban J connectivity index is 2.89. The lowest BCUT2D eigenvalue weighted by Gasteiger charge is -2.32. The van der Waals surface area contributed by atoms with Gasteiger partial charge in [-0.15, -0.1) is 0 Å². The van der Waals surface area contributed by atoms with Crippen LogP contribution in [0.2, 0.25) is 0 Å². The van der Waals surface area contributed by atoms with E-state index in [4.69, 9.17) is 4.74 Å². The van der Waals surface area contributed by atoms with Crippen molar-refractivity contribution < 1.29 is 29.0 Å². The average molecular weight is 448 g/mol. The second kappa shape index (κ2) is 8.46. The standard InChI is InChI=1S/C17H21IO6/c1-10(15(21)23-4)13(14(19)20)17(2,3)16(22)24-9-11-5-7-12(18)8-6-11/h5-8,10,13H,9H2,1-4H3,(H,19,20). The van der Waals surface area contributed by atoms with Crippen molar-refractivity contribution >= 4 is 40.5 Å². The Hall–Kier alpha value is -1.64. The molecule has 0 bridgehead atoms. The van der Waals surface area contributed by atoms with Gasteiger partial charge in [0.15, 0.2) is 0 Å². The topological polar surface area (TPSA) is 89.9 Å². The molecule has 0 radical (unpaired) electrons. The number of halogens is 1. The molecular formula is C17H21IO6. The van der Waals surface area contributed by atoms with Crippen LogP contribution in [-0.2, 0) is 30.5 Å². The van der Waals surface area contributed by atoms with Crippen molar-refractivity contribution in [3.63, 3.8) is 0 Å². The molecule has 0 aliphatic carbocycles. The number of carboxylic acids is 1. The fourth-order valence-electron chi connectivity index (χ4n) is 2.51. The number of hydrogen-bond acceptors (Lipinski definition) is 5. The number of esters is 2. The van der Waals surface area contributed by atoms with Crippen molar-refractivity contribution in [2.45, 2.75) is 27.4 Å². The summed E-state index contributed by atoms with van der Waals surface area (Å²) in [5.41, 5.74) is -0.588. The number of carboxylic acid groups (broad SMARTS) is 1. The van der Waals surface area contributed by atoms with Crippen LogP contribution in [0.25, 0.3) is 0 Å². The second-order valence-electron chi connectivity index (χ2n) is 6.05. The van der Waals surface area contributed by atoms with Crippen LogP contribution in [0.15, 0.2) is 24.3 Å². The summed E-state index contributed by atoms with van der Waals surface area (Å²) in [6.45, 7) is 4.39. The normalized spacial score (nSPS) is 13.7. The molecule has 0 fully saturated rings. The average Bonchev–Trinajstić information content (AvgIpc) is 2.52. The molecule has 0 aliphatic heterocycles. The summed E-state index contributed by atoms with van der Waals surface area (Å²) >= 11 is 2.17. The van der Waals surface area contributed by atoms with E-state index in [1.54, 1.807) is 0 Å². The highest BCUT2D eigenvalue weighted by Gasteiger charge is 2.48. The maximum atomic E-state index is 12.4. The molecule has 1 aromatic rings. The van der Waals surface area contributed by atoms with Crippen molar-refractivity contribution in [3.8, 4) is 0 Å². The van der Waals surface area contributed by atoms with Gasteiger partial charge in [0.05, 0.1) is 24.4 Å². The summed E-state index contributed by atoms with van der Waals surface area (Å²) in [5.74, 6) is -4.84. The molecule has 0 saturated carbocycles. The predicted molar refractivity (Wildman–Crippen MR) is 95.0 cm³/mol. The quantitative estimate of drug-likeness (QED) is 0.510. The van der Waals surface area contributed by atoms with Crippen LogP contribution in [0.4, 0.5) is 0 Å². The monoisotopic (exact) mass is 448 g/mol. The molecule has 0 spiro atoms. The van der Waals surface area contributed by atoms with Gasteiger partial charge in [0.1, 0.15) is 6.61 Å². The first-order valence-electron chi connectivity index (χ1n) is 7.33. The van der Waals surface area contributed by atoms with Gasteiger partial charge in [0.25, 0.3) is 0 Å². The minimum absolute atomic E-state index is 0.0398. The molecule has 0 amide bonds. The molecule has 1 N–H and O–H groups in total. The highest BCUT2D eigenvalue weighted by molar-refractivity contribution is 14.1. The number of hydrogen-bond donors (Lipinski definition) is 1. The summed E-state index contributed by atoms with van der Waals surface area (Å²) in [6, 6.07) is 7.42. The Morgan fingerprint density at radius 3 is 2.21 bits per heavy atom. The molecular weight excluding hydrogens is 427 g/mol. The lowest BCUT2D eigenvalue weighted by atomic mass is 9.72. The van der Waals surface area contributed by atoms with Crippen molar-refractivity contribution in [3.05, 3.63) is 33.4 Å². The number of ether oxygens (including phenoxy) is 2. The SMILES string of the molecule is COC(=O)C(C)C(C(=O)O)C(C)(C)C(=O)OCc1ccc(I)cc1. The summed E-state index contributed by atoms with van der Waals surface area (Å²) in [4.78, 5) is 35.7. The third kappa shape index (κ3) is 4.93. The first-order chi connectivity index (χ1) is 11.1. The Bertz CT molecular complexity index is 608. The lowest BCUT2D eigenvalue weighted by Crippen LogP contribution is -2.44. The van der Waals surface area contributed by atoms with E-state index in [0.717, 1.165) is 9.13 Å². The highest BCUT2D eigenvalue weighted by Crippen LogP contribution is 2.35. The Morgan fingerprint density at radius 1 is 1.21 bits per heavy atom. The minimum atomic E-state index is -1.39. The molecule has 24 heavy (non-hydrogen) atoms. The van der Waals surface area contributed by atoms with Gasteiger partial charge in [-0.1, -0.05) is 19.1 Å². The zero-order chi connectivity index (χ0) is 18.5. The zero-order valence-corrected chi connectivity index (χ0v) is 16.2. The fraction of sp³-hybridized carbons (Fsp3) is 0.471. The molecule has 2 atom stereocenters. The number of methoxy groups -OCH3 is 1. The van der Waals surface area contributed by atoms with Crippen LogP contribution in [0, 0.1) is 20.8 Å². The van der Waals surface area contributed by atoms with Crippen molar-refractivity contribution in [1.82, 2.24) is 0 Å². The number of rotatable bonds is 7. The number of benzene rings is 1. The summed E-state index contributed by atoms with van der Waals surface area (Å²) in [6.07, 6.45) is 0. The molecule has 0 aliphatic rings. The third-order valence-electron chi connectivity index (χ3n) is 3.93. The van der Waals surface area contributed by atoms with Gasteiger partial charge in [-0.25, -0.2) is 0 Å². The number of aliphatic carboxylic acids is 1. The molecule has 6 nitrogen and oxygen atoms in total. The van der Waals surface area contributed by atoms with Crippen LogP contribution in [0.5, 0.6) is 0 Å². The zero-order valence-electron chi connectivity index (χ0n) is 14.0. The Kier molecular flexibility index (Phi) is 7.19. The van der Waals surface area contributed by atoms with Gasteiger partial charge in [-0.05, 0) is 54.1 Å². The lowest BCUT2D eigenvalue weighted by molar-refractivity contribution is -0.172. The Morgan fingerprint density at radius 2 is 1.75 bits per heavy atom. The second-order valence-corrected chi connectivity index (χ2v) is 7.30. The van der Waals surface area contributed by atoms with E-state index in [1.165, 1.54) is 27.9 Å². The predicted octanol–water partition coefficient (Wildman–Crippen LogP) is 2.87. The van der Waals surface area contributed by atoms with Crippen LogP contribution < -0.4 is 0 Å². The van der Waals surface area contributed by atoms with Gasteiger partial charge in [0, 0.05) is 3.57 Å². The van der Waals surface area contributed by atoms with Gasteiger partial charge in [0.2, 0.25) is 0 Å². The largest absolute Gasteiger partial charge is 0.481 e. The molecule has 132 valence electrons. The first kappa shape index (κ1) is 20.4. The summed E-state index contributed by atoms with van der Waals surface area (Å²) in [7, 11) is 1.18. The van der Waals surface area contributed by atoms with E-state index in [0.29, 0.717) is 0 Å². The van der Waals surface area contributed by atoms with E-state index < -0.39 is 35.2 Å².